The van der Waals surface area contributed by atoms with Gasteiger partial charge < -0.3 is 4.98 Å². The van der Waals surface area contributed by atoms with E-state index in [2.05, 4.69) is 16.0 Å². The lowest BCUT2D eigenvalue weighted by Gasteiger charge is -2.31. The molecule has 0 unspecified atom stereocenters. The number of sulfonamides is 2. The van der Waals surface area contributed by atoms with E-state index in [4.69, 9.17) is 0 Å². The number of nitrogens with zero attached hydrogens (tertiary/aromatic N) is 4. The van der Waals surface area contributed by atoms with E-state index in [0.717, 1.165) is 16.9 Å². The lowest BCUT2D eigenvalue weighted by atomic mass is 10.1. The largest absolute Gasteiger partial charge is 0.334 e. The summed E-state index contributed by atoms with van der Waals surface area (Å²) in [7, 11) is -8.08. The molecule has 12 heteroatoms. The van der Waals surface area contributed by atoms with Crippen LogP contribution in [0.2, 0.25) is 0 Å². The minimum atomic E-state index is -4.11. The molecule has 1 aliphatic rings. The average molecular weight is 540 g/mol. The van der Waals surface area contributed by atoms with Crippen molar-refractivity contribution in [1.29, 1.82) is 5.26 Å². The highest BCUT2D eigenvalue weighted by molar-refractivity contribution is 7.92. The fraction of sp³-hybridized carbons (Fsp3) is 0.167. The number of hydrogen-bond donors (Lipinski definition) is 1. The predicted octanol–water partition coefficient (Wildman–Crippen LogP) is 3.35. The molecule has 5 rings (SSSR count). The molecular weight excluding hydrogens is 518 g/mol. The van der Waals surface area contributed by atoms with Gasteiger partial charge in [-0.1, -0.05) is 36.4 Å². The van der Waals surface area contributed by atoms with Crippen molar-refractivity contribution in [2.45, 2.75) is 28.2 Å². The van der Waals surface area contributed by atoms with Crippen molar-refractivity contribution < 1.29 is 16.8 Å². The molecular formula is C24H21N5O4S3. The first-order valence-corrected chi connectivity index (χ1v) is 14.7. The molecule has 0 amide bonds. The highest BCUT2D eigenvalue weighted by Gasteiger charge is 2.40. The summed E-state index contributed by atoms with van der Waals surface area (Å²) in [6.07, 6.45) is 2.79. The molecule has 9 nitrogen and oxygen atoms in total. The number of nitriles is 1. The molecule has 4 aromatic rings. The normalized spacial score (nSPS) is 16.8. The van der Waals surface area contributed by atoms with Gasteiger partial charge in [0.15, 0.2) is 5.03 Å². The third-order valence-electron chi connectivity index (χ3n) is 6.00. The highest BCUT2D eigenvalue weighted by atomic mass is 32.2. The van der Waals surface area contributed by atoms with E-state index < -0.39 is 26.1 Å². The van der Waals surface area contributed by atoms with Crippen LogP contribution in [0.15, 0.2) is 87.8 Å². The average Bonchev–Trinajstić information content (AvgIpc) is 3.59. The maximum Gasteiger partial charge on any atom is 0.281 e. The topological polar surface area (TPSA) is 127 Å². The van der Waals surface area contributed by atoms with E-state index in [9.17, 15) is 22.1 Å². The maximum absolute atomic E-state index is 13.8. The van der Waals surface area contributed by atoms with Gasteiger partial charge in [-0.15, -0.1) is 11.3 Å². The molecule has 0 bridgehead atoms. The Morgan fingerprint density at radius 2 is 1.86 bits per heavy atom. The van der Waals surface area contributed by atoms with Crippen LogP contribution in [0, 0.1) is 11.3 Å². The van der Waals surface area contributed by atoms with Crippen molar-refractivity contribution in [1.82, 2.24) is 14.3 Å². The fourth-order valence-corrected chi connectivity index (χ4v) is 8.44. The Hall–Kier alpha value is -3.50. The van der Waals surface area contributed by atoms with E-state index in [1.165, 1.54) is 33.3 Å². The van der Waals surface area contributed by atoms with Crippen LogP contribution in [0.1, 0.15) is 16.7 Å². The van der Waals surface area contributed by atoms with Gasteiger partial charge in [-0.2, -0.15) is 18.0 Å². The smallest absolute Gasteiger partial charge is 0.281 e. The second-order valence-electron chi connectivity index (χ2n) is 8.23. The third kappa shape index (κ3) is 4.42. The number of aromatic nitrogens is 2. The number of thiophene rings is 1. The van der Waals surface area contributed by atoms with Crippen molar-refractivity contribution >= 4 is 37.1 Å². The number of nitrogens with one attached hydrogen (secondary N) is 1. The summed E-state index contributed by atoms with van der Waals surface area (Å²) in [5.41, 5.74) is 1.93. The molecule has 3 heterocycles. The fourth-order valence-electron chi connectivity index (χ4n) is 4.29. The lowest BCUT2D eigenvalue weighted by molar-refractivity contribution is 0.323. The molecule has 0 fully saturated rings. The van der Waals surface area contributed by atoms with Gasteiger partial charge in [0.05, 0.1) is 36.4 Å². The standard InChI is InChI=1S/C24H21N5O4S3/c25-13-19-8-9-22-20(11-19)15-28(36(32,33)24-7-4-10-34-24)21(12-18-5-2-1-3-6-18)16-29(22)35(30,31)23-14-26-17-27-23/h1-11,14,17,21H,12,15-16H2,(H,26,27)/t21-/m1/s1. The van der Waals surface area contributed by atoms with Crippen LogP contribution in [0.5, 0.6) is 0 Å². The molecule has 0 saturated carbocycles. The van der Waals surface area contributed by atoms with Gasteiger partial charge >= 0.3 is 0 Å². The number of rotatable bonds is 6. The number of fused-ring (bicyclic) bond motifs is 1. The Kier molecular flexibility index (Phi) is 6.40. The highest BCUT2D eigenvalue weighted by Crippen LogP contribution is 2.36. The van der Waals surface area contributed by atoms with E-state index >= 15 is 0 Å². The zero-order valence-corrected chi connectivity index (χ0v) is 21.3. The Bertz CT molecular complexity index is 1610. The van der Waals surface area contributed by atoms with Crippen molar-refractivity contribution in [2.24, 2.45) is 0 Å². The zero-order valence-electron chi connectivity index (χ0n) is 18.9. The van der Waals surface area contributed by atoms with E-state index in [-0.39, 0.29) is 22.3 Å². The second kappa shape index (κ2) is 9.51. The van der Waals surface area contributed by atoms with Gasteiger partial charge in [0.1, 0.15) is 4.21 Å². The summed E-state index contributed by atoms with van der Waals surface area (Å²) < 4.78 is 57.9. The Balaban J connectivity index is 1.70. The summed E-state index contributed by atoms with van der Waals surface area (Å²) in [6, 6.07) is 18.5. The van der Waals surface area contributed by atoms with Crippen LogP contribution >= 0.6 is 11.3 Å². The molecule has 1 N–H and O–H groups in total. The molecule has 0 radical (unpaired) electrons. The van der Waals surface area contributed by atoms with Crippen LogP contribution in [0.4, 0.5) is 5.69 Å². The molecule has 0 spiro atoms. The van der Waals surface area contributed by atoms with Gasteiger partial charge in [-0.3, -0.25) is 4.31 Å². The summed E-state index contributed by atoms with van der Waals surface area (Å²) in [5, 5.41) is 11.1. The Labute approximate surface area is 213 Å². The SMILES string of the molecule is N#Cc1ccc2c(c1)CN(S(=O)(=O)c1cccs1)[C@H](Cc1ccccc1)CN2S(=O)(=O)c1cnc[nH]1. The third-order valence-corrected chi connectivity index (χ3v) is 11.0. The van der Waals surface area contributed by atoms with Gasteiger partial charge in [0.2, 0.25) is 0 Å². The van der Waals surface area contributed by atoms with Crippen LogP contribution < -0.4 is 4.31 Å². The first-order valence-electron chi connectivity index (χ1n) is 10.9. The van der Waals surface area contributed by atoms with Crippen molar-refractivity contribution in [3.8, 4) is 6.07 Å². The van der Waals surface area contributed by atoms with Crippen molar-refractivity contribution in [3.63, 3.8) is 0 Å². The number of hydrogen-bond acceptors (Lipinski definition) is 7. The minimum absolute atomic E-state index is 0.0857. The molecule has 2 aromatic carbocycles. The zero-order chi connectivity index (χ0) is 25.3. The molecule has 1 atom stereocenters. The second-order valence-corrected chi connectivity index (χ2v) is 13.1. The molecule has 1 aliphatic heterocycles. The van der Waals surface area contributed by atoms with Crippen molar-refractivity contribution in [3.05, 3.63) is 95.3 Å². The van der Waals surface area contributed by atoms with Crippen LogP contribution in [-0.4, -0.2) is 43.7 Å². The summed E-state index contributed by atoms with van der Waals surface area (Å²) in [6.45, 7) is -0.211. The molecule has 36 heavy (non-hydrogen) atoms. The number of benzene rings is 2. The summed E-state index contributed by atoms with van der Waals surface area (Å²) in [4.78, 5) is 6.51. The number of H-pyrrole nitrogens is 1. The summed E-state index contributed by atoms with van der Waals surface area (Å²) in [5.74, 6) is 0. The molecule has 2 aromatic heterocycles. The van der Waals surface area contributed by atoms with Gasteiger partial charge in [0.25, 0.3) is 20.0 Å². The van der Waals surface area contributed by atoms with Crippen LogP contribution in [-0.2, 0) is 33.0 Å². The summed E-state index contributed by atoms with van der Waals surface area (Å²) >= 11 is 1.10. The number of imidazole rings is 1. The van der Waals surface area contributed by atoms with E-state index in [0.29, 0.717) is 23.2 Å². The molecule has 0 aliphatic carbocycles. The van der Waals surface area contributed by atoms with Crippen molar-refractivity contribution in [2.75, 3.05) is 10.8 Å². The quantitative estimate of drug-likeness (QED) is 0.400. The van der Waals surface area contributed by atoms with E-state index in [1.54, 1.807) is 23.6 Å². The van der Waals surface area contributed by atoms with Crippen LogP contribution in [0.25, 0.3) is 0 Å². The van der Waals surface area contributed by atoms with Gasteiger partial charge in [0, 0.05) is 12.6 Å². The monoisotopic (exact) mass is 539 g/mol. The number of anilines is 1. The first kappa shape index (κ1) is 24.2. The Morgan fingerprint density at radius 3 is 2.53 bits per heavy atom. The number of aromatic amines is 1. The molecule has 184 valence electrons. The molecule has 0 saturated heterocycles. The van der Waals surface area contributed by atoms with Gasteiger partial charge in [-0.25, -0.2) is 13.4 Å². The van der Waals surface area contributed by atoms with E-state index in [1.807, 2.05) is 30.3 Å². The lowest BCUT2D eigenvalue weighted by Crippen LogP contribution is -2.47. The van der Waals surface area contributed by atoms with Crippen LogP contribution in [0.3, 0.4) is 0 Å². The maximum atomic E-state index is 13.8. The first-order chi connectivity index (χ1) is 17.3. The predicted molar refractivity (Wildman–Crippen MR) is 135 cm³/mol. The Morgan fingerprint density at radius 1 is 1.06 bits per heavy atom. The minimum Gasteiger partial charge on any atom is -0.334 e. The van der Waals surface area contributed by atoms with Gasteiger partial charge in [-0.05, 0) is 47.2 Å².